The van der Waals surface area contributed by atoms with Gasteiger partial charge in [-0.3, -0.25) is 0 Å². The Morgan fingerprint density at radius 3 is 2.24 bits per heavy atom. The number of aryl methyl sites for hydroxylation is 1. The molecule has 1 nitrogen and oxygen atoms in total. The van der Waals surface area contributed by atoms with E-state index >= 15 is 0 Å². The summed E-state index contributed by atoms with van der Waals surface area (Å²) in [7, 11) is 0. The number of hydrogen-bond acceptors (Lipinski definition) is 1. The summed E-state index contributed by atoms with van der Waals surface area (Å²) in [5.74, 6) is -0.371. The van der Waals surface area contributed by atoms with Crippen molar-refractivity contribution in [3.63, 3.8) is 0 Å². The molecular formula is C19H24FN. The highest BCUT2D eigenvalue weighted by molar-refractivity contribution is 5.33. The molecule has 4 rings (SSSR count). The molecule has 3 aliphatic rings. The molecule has 0 aliphatic heterocycles. The number of halogens is 1. The zero-order chi connectivity index (χ0) is 14.9. The maximum Gasteiger partial charge on any atom is 0.141 e. The van der Waals surface area contributed by atoms with E-state index in [1.165, 1.54) is 51.4 Å². The van der Waals surface area contributed by atoms with Gasteiger partial charge in [-0.1, -0.05) is 19.4 Å². The lowest BCUT2D eigenvalue weighted by molar-refractivity contribution is -0.0162. The molecule has 2 bridgehead atoms. The first-order chi connectivity index (χ1) is 10.1. The average Bonchev–Trinajstić information content (AvgIpc) is 2.55. The quantitative estimate of drug-likeness (QED) is 0.728. The molecule has 112 valence electrons. The summed E-state index contributed by atoms with van der Waals surface area (Å²) in [4.78, 5) is 0. The molecule has 21 heavy (non-hydrogen) atoms. The van der Waals surface area contributed by atoms with Crippen LogP contribution in [0.25, 0.3) is 0 Å². The summed E-state index contributed by atoms with van der Waals surface area (Å²) in [6.07, 6.45) is 11.7. The van der Waals surface area contributed by atoms with Gasteiger partial charge in [0.1, 0.15) is 11.9 Å². The minimum atomic E-state index is -0.371. The molecule has 0 saturated heterocycles. The second kappa shape index (κ2) is 5.44. The van der Waals surface area contributed by atoms with Gasteiger partial charge in [-0.25, -0.2) is 4.39 Å². The minimum Gasteiger partial charge on any atom is -0.206 e. The largest absolute Gasteiger partial charge is 0.206 e. The molecule has 3 fully saturated rings. The van der Waals surface area contributed by atoms with Crippen LogP contribution in [0.3, 0.4) is 0 Å². The van der Waals surface area contributed by atoms with Crippen molar-refractivity contribution < 1.29 is 4.39 Å². The predicted octanol–water partition coefficient (Wildman–Crippen LogP) is 5.38. The number of rotatable bonds is 4. The van der Waals surface area contributed by atoms with Crippen molar-refractivity contribution in [1.82, 2.24) is 0 Å². The first-order valence-electron chi connectivity index (χ1n) is 8.29. The number of benzene rings is 1. The van der Waals surface area contributed by atoms with Crippen molar-refractivity contribution in [3.8, 4) is 6.07 Å². The van der Waals surface area contributed by atoms with Gasteiger partial charge in [0.2, 0.25) is 0 Å². The van der Waals surface area contributed by atoms with E-state index in [2.05, 4.69) is 6.92 Å². The fourth-order valence-corrected chi connectivity index (χ4v) is 4.46. The summed E-state index contributed by atoms with van der Waals surface area (Å²) in [6, 6.07) is 6.98. The summed E-state index contributed by atoms with van der Waals surface area (Å²) >= 11 is 0. The number of nitriles is 1. The van der Waals surface area contributed by atoms with Crippen LogP contribution in [0.4, 0.5) is 4.39 Å². The zero-order valence-electron chi connectivity index (χ0n) is 12.9. The van der Waals surface area contributed by atoms with Crippen LogP contribution in [-0.2, 0) is 6.42 Å². The lowest BCUT2D eigenvalue weighted by Crippen LogP contribution is -2.41. The Kier molecular flexibility index (Phi) is 3.78. The normalized spacial score (nSPS) is 31.1. The first-order valence-corrected chi connectivity index (χ1v) is 8.29. The van der Waals surface area contributed by atoms with Crippen molar-refractivity contribution in [1.29, 1.82) is 5.26 Å². The summed E-state index contributed by atoms with van der Waals surface area (Å²) in [5, 5.41) is 8.79. The van der Waals surface area contributed by atoms with Crippen molar-refractivity contribution in [2.75, 3.05) is 0 Å². The smallest absolute Gasteiger partial charge is 0.141 e. The van der Waals surface area contributed by atoms with Crippen LogP contribution in [0.2, 0.25) is 0 Å². The standard InChI is InChI=1S/C19H24FN/c1-2-18-7-10-19(11-8-18,12-9-18)6-5-15-3-4-16(14-21)17(20)13-15/h3-4,13H,2,5-12H2,1H3. The molecule has 0 radical (unpaired) electrons. The first kappa shape index (κ1) is 14.6. The Morgan fingerprint density at radius 1 is 1.10 bits per heavy atom. The van der Waals surface area contributed by atoms with Gasteiger partial charge in [-0.05, 0) is 79.9 Å². The second-order valence-electron chi connectivity index (χ2n) is 7.28. The molecular weight excluding hydrogens is 261 g/mol. The van der Waals surface area contributed by atoms with Crippen LogP contribution >= 0.6 is 0 Å². The third-order valence-electron chi connectivity index (χ3n) is 6.40. The highest BCUT2D eigenvalue weighted by atomic mass is 19.1. The second-order valence-corrected chi connectivity index (χ2v) is 7.28. The van der Waals surface area contributed by atoms with Crippen LogP contribution < -0.4 is 0 Å². The Bertz CT molecular complexity index is 545. The van der Waals surface area contributed by atoms with E-state index < -0.39 is 0 Å². The van der Waals surface area contributed by atoms with E-state index in [0.29, 0.717) is 10.8 Å². The topological polar surface area (TPSA) is 23.8 Å². The fourth-order valence-electron chi connectivity index (χ4n) is 4.46. The van der Waals surface area contributed by atoms with Gasteiger partial charge in [-0.2, -0.15) is 5.26 Å². The van der Waals surface area contributed by atoms with E-state index in [1.54, 1.807) is 12.1 Å². The molecule has 1 aromatic rings. The Labute approximate surface area is 127 Å². The van der Waals surface area contributed by atoms with Gasteiger partial charge in [0.15, 0.2) is 0 Å². The number of nitrogens with zero attached hydrogens (tertiary/aromatic N) is 1. The van der Waals surface area contributed by atoms with Crippen LogP contribution in [0.15, 0.2) is 18.2 Å². The van der Waals surface area contributed by atoms with Crippen LogP contribution in [0.1, 0.15) is 69.4 Å². The lowest BCUT2D eigenvalue weighted by atomic mass is 9.52. The van der Waals surface area contributed by atoms with E-state index in [0.717, 1.165) is 12.0 Å². The Balaban J connectivity index is 1.64. The molecule has 3 saturated carbocycles. The van der Waals surface area contributed by atoms with Gasteiger partial charge in [0.05, 0.1) is 5.56 Å². The van der Waals surface area contributed by atoms with E-state index in [9.17, 15) is 4.39 Å². The molecule has 0 N–H and O–H groups in total. The predicted molar refractivity (Wildman–Crippen MR) is 82.3 cm³/mol. The summed E-state index contributed by atoms with van der Waals surface area (Å²) < 4.78 is 13.7. The minimum absolute atomic E-state index is 0.153. The van der Waals surface area contributed by atoms with Crippen molar-refractivity contribution in [2.45, 2.75) is 64.7 Å². The molecule has 3 aliphatic carbocycles. The van der Waals surface area contributed by atoms with Gasteiger partial charge < -0.3 is 0 Å². The molecule has 0 atom stereocenters. The number of fused-ring (bicyclic) bond motifs is 3. The van der Waals surface area contributed by atoms with E-state index in [-0.39, 0.29) is 11.4 Å². The zero-order valence-corrected chi connectivity index (χ0v) is 12.9. The maximum absolute atomic E-state index is 13.7. The maximum atomic E-state index is 13.7. The average molecular weight is 285 g/mol. The van der Waals surface area contributed by atoms with Crippen LogP contribution in [-0.4, -0.2) is 0 Å². The molecule has 0 unspecified atom stereocenters. The molecule has 0 aromatic heterocycles. The van der Waals surface area contributed by atoms with E-state index in [4.69, 9.17) is 5.26 Å². The monoisotopic (exact) mass is 285 g/mol. The SMILES string of the molecule is CCC12CCC(CCc3ccc(C#N)c(F)c3)(CC1)CC2. The molecule has 0 amide bonds. The van der Waals surface area contributed by atoms with Crippen LogP contribution in [0.5, 0.6) is 0 Å². The lowest BCUT2D eigenvalue weighted by Gasteiger charge is -2.53. The third kappa shape index (κ3) is 2.71. The van der Waals surface area contributed by atoms with Crippen molar-refractivity contribution >= 4 is 0 Å². The molecule has 0 spiro atoms. The van der Waals surface area contributed by atoms with Gasteiger partial charge >= 0.3 is 0 Å². The highest BCUT2D eigenvalue weighted by Crippen LogP contribution is 2.59. The van der Waals surface area contributed by atoms with Gasteiger partial charge in [0.25, 0.3) is 0 Å². The summed E-state index contributed by atoms with van der Waals surface area (Å²) in [6.45, 7) is 2.35. The summed E-state index contributed by atoms with van der Waals surface area (Å²) in [5.41, 5.74) is 2.36. The highest BCUT2D eigenvalue weighted by Gasteiger charge is 2.46. The van der Waals surface area contributed by atoms with Crippen molar-refractivity contribution in [2.24, 2.45) is 10.8 Å². The fraction of sp³-hybridized carbons (Fsp3) is 0.632. The molecule has 1 aromatic carbocycles. The van der Waals surface area contributed by atoms with E-state index in [1.807, 2.05) is 12.1 Å². The third-order valence-corrected chi connectivity index (χ3v) is 6.40. The van der Waals surface area contributed by atoms with Crippen molar-refractivity contribution in [3.05, 3.63) is 35.1 Å². The molecule has 2 heteroatoms. The number of hydrogen-bond donors (Lipinski definition) is 0. The molecule has 0 heterocycles. The van der Waals surface area contributed by atoms with Gasteiger partial charge in [-0.15, -0.1) is 0 Å². The Morgan fingerprint density at radius 2 is 1.71 bits per heavy atom. The van der Waals surface area contributed by atoms with Gasteiger partial charge in [0, 0.05) is 0 Å². The Hall–Kier alpha value is -1.36. The van der Waals surface area contributed by atoms with Crippen LogP contribution in [0, 0.1) is 28.0 Å².